The summed E-state index contributed by atoms with van der Waals surface area (Å²) in [4.78, 5) is 8.71. The van der Waals surface area contributed by atoms with Crippen LogP contribution in [0.3, 0.4) is 0 Å². The smallest absolute Gasteiger partial charge is 0.0262 e. The first-order chi connectivity index (χ1) is 15.1. The molecule has 0 atom stereocenters. The van der Waals surface area contributed by atoms with E-state index < -0.39 is 0 Å². The molecule has 4 nitrogen and oxygen atoms in total. The summed E-state index contributed by atoms with van der Waals surface area (Å²) in [5, 5.41) is 0. The zero-order chi connectivity index (χ0) is 23.7. The standard InChI is InChI=1S/C28H38N4/c1-29(2)19-25-13-23(14-26(17-25)20-30(3)4)11-9-10-12-24-15-27(21-31(5)6)18-28(16-24)22-32(7)8/h13-18H,19-22H2,1-8H3. The topological polar surface area (TPSA) is 13.0 Å². The number of hydrogen-bond acceptors (Lipinski definition) is 4. The molecule has 0 fully saturated rings. The minimum absolute atomic E-state index is 0.898. The molecular weight excluding hydrogens is 392 g/mol. The van der Waals surface area contributed by atoms with Crippen LogP contribution in [-0.4, -0.2) is 76.0 Å². The van der Waals surface area contributed by atoms with E-state index in [0.717, 1.165) is 37.3 Å². The van der Waals surface area contributed by atoms with Crippen LogP contribution in [0.1, 0.15) is 33.4 Å². The molecule has 0 heterocycles. The van der Waals surface area contributed by atoms with Crippen LogP contribution < -0.4 is 0 Å². The Bertz CT molecular complexity index is 871. The molecule has 0 N–H and O–H groups in total. The second-order valence-electron chi connectivity index (χ2n) is 9.53. The molecule has 0 spiro atoms. The SMILES string of the molecule is CN(C)Cc1cc(C#CC#Cc2cc(CN(C)C)cc(CN(C)C)c2)cc(CN(C)C)c1. The highest BCUT2D eigenvalue weighted by Gasteiger charge is 2.04. The molecule has 2 aromatic rings. The fourth-order valence-corrected chi connectivity index (χ4v) is 3.70. The van der Waals surface area contributed by atoms with Gasteiger partial charge in [-0.05, 0) is 115 Å². The molecule has 32 heavy (non-hydrogen) atoms. The van der Waals surface area contributed by atoms with E-state index >= 15 is 0 Å². The van der Waals surface area contributed by atoms with Crippen LogP contribution in [0.15, 0.2) is 36.4 Å². The molecule has 0 bridgehead atoms. The lowest BCUT2D eigenvalue weighted by atomic mass is 10.0. The Morgan fingerprint density at radius 3 is 0.906 bits per heavy atom. The highest BCUT2D eigenvalue weighted by atomic mass is 15.1. The van der Waals surface area contributed by atoms with Crippen molar-refractivity contribution in [3.05, 3.63) is 69.8 Å². The van der Waals surface area contributed by atoms with Gasteiger partial charge in [0, 0.05) is 37.3 Å². The maximum absolute atomic E-state index is 3.26. The van der Waals surface area contributed by atoms with E-state index in [-0.39, 0.29) is 0 Å². The summed E-state index contributed by atoms with van der Waals surface area (Å²) in [6, 6.07) is 13.2. The monoisotopic (exact) mass is 430 g/mol. The van der Waals surface area contributed by atoms with Gasteiger partial charge in [-0.1, -0.05) is 24.0 Å². The molecule has 0 aliphatic rings. The Hall–Kier alpha value is -2.60. The fraction of sp³-hybridized carbons (Fsp3) is 0.429. The second-order valence-corrected chi connectivity index (χ2v) is 9.53. The highest BCUT2D eigenvalue weighted by molar-refractivity contribution is 5.48. The molecule has 0 aliphatic carbocycles. The molecule has 0 saturated carbocycles. The van der Waals surface area contributed by atoms with Crippen LogP contribution >= 0.6 is 0 Å². The molecule has 0 aliphatic heterocycles. The van der Waals surface area contributed by atoms with Crippen molar-refractivity contribution < 1.29 is 0 Å². The van der Waals surface area contributed by atoms with E-state index in [0.29, 0.717) is 0 Å². The Balaban J connectivity index is 2.30. The van der Waals surface area contributed by atoms with Crippen molar-refractivity contribution >= 4 is 0 Å². The predicted octanol–water partition coefficient (Wildman–Crippen LogP) is 3.34. The zero-order valence-electron chi connectivity index (χ0n) is 21.1. The quantitative estimate of drug-likeness (QED) is 0.596. The van der Waals surface area contributed by atoms with Crippen molar-refractivity contribution in [3.8, 4) is 23.7 Å². The van der Waals surface area contributed by atoms with Gasteiger partial charge in [0.2, 0.25) is 0 Å². The van der Waals surface area contributed by atoms with E-state index in [1.807, 2.05) is 0 Å². The average molecular weight is 431 g/mol. The summed E-state index contributed by atoms with van der Waals surface area (Å²) in [6.45, 7) is 3.59. The van der Waals surface area contributed by atoms with Crippen molar-refractivity contribution in [2.75, 3.05) is 56.4 Å². The molecule has 0 aromatic heterocycles. The number of nitrogens with zero attached hydrogens (tertiary/aromatic N) is 4. The second kappa shape index (κ2) is 12.4. The van der Waals surface area contributed by atoms with Gasteiger partial charge in [-0.25, -0.2) is 0 Å². The lowest BCUT2D eigenvalue weighted by molar-refractivity contribution is 0.395. The largest absolute Gasteiger partial charge is 0.305 e. The lowest BCUT2D eigenvalue weighted by Crippen LogP contribution is -2.13. The summed E-state index contributed by atoms with van der Waals surface area (Å²) >= 11 is 0. The summed E-state index contributed by atoms with van der Waals surface area (Å²) in [7, 11) is 16.7. The predicted molar refractivity (Wildman–Crippen MR) is 136 cm³/mol. The van der Waals surface area contributed by atoms with Gasteiger partial charge in [-0.3, -0.25) is 0 Å². The van der Waals surface area contributed by atoms with Crippen molar-refractivity contribution in [3.63, 3.8) is 0 Å². The van der Waals surface area contributed by atoms with Crippen molar-refractivity contribution in [2.24, 2.45) is 0 Å². The summed E-state index contributed by atoms with van der Waals surface area (Å²) in [5.41, 5.74) is 7.13. The van der Waals surface area contributed by atoms with Gasteiger partial charge >= 0.3 is 0 Å². The van der Waals surface area contributed by atoms with Gasteiger partial charge in [0.05, 0.1) is 0 Å². The summed E-state index contributed by atoms with van der Waals surface area (Å²) in [6.07, 6.45) is 0. The van der Waals surface area contributed by atoms with Crippen LogP contribution in [0.2, 0.25) is 0 Å². The first-order valence-corrected chi connectivity index (χ1v) is 11.0. The van der Waals surface area contributed by atoms with Gasteiger partial charge in [0.25, 0.3) is 0 Å². The Kier molecular flexibility index (Phi) is 9.97. The van der Waals surface area contributed by atoms with Gasteiger partial charge in [0.15, 0.2) is 0 Å². The summed E-state index contributed by atoms with van der Waals surface area (Å²) in [5.74, 6) is 12.7. The average Bonchev–Trinajstić information content (AvgIpc) is 2.62. The molecule has 0 saturated heterocycles. The first kappa shape index (κ1) is 25.7. The minimum Gasteiger partial charge on any atom is -0.305 e. The lowest BCUT2D eigenvalue weighted by Gasteiger charge is -2.14. The summed E-state index contributed by atoms with van der Waals surface area (Å²) < 4.78 is 0. The molecule has 170 valence electrons. The third-order valence-electron chi connectivity index (χ3n) is 4.58. The van der Waals surface area contributed by atoms with Crippen LogP contribution in [0.5, 0.6) is 0 Å². The third kappa shape index (κ3) is 9.69. The van der Waals surface area contributed by atoms with E-state index in [2.05, 4.69) is 136 Å². The first-order valence-electron chi connectivity index (χ1n) is 11.0. The minimum atomic E-state index is 0.898. The van der Waals surface area contributed by atoms with E-state index in [4.69, 9.17) is 0 Å². The van der Waals surface area contributed by atoms with E-state index in [1.165, 1.54) is 22.3 Å². The number of rotatable bonds is 8. The Morgan fingerprint density at radius 1 is 0.438 bits per heavy atom. The number of benzene rings is 2. The van der Waals surface area contributed by atoms with Crippen molar-refractivity contribution in [2.45, 2.75) is 26.2 Å². The van der Waals surface area contributed by atoms with Gasteiger partial charge in [-0.2, -0.15) is 0 Å². The zero-order valence-corrected chi connectivity index (χ0v) is 21.1. The van der Waals surface area contributed by atoms with E-state index in [9.17, 15) is 0 Å². The molecule has 0 amide bonds. The Labute approximate surface area is 195 Å². The maximum Gasteiger partial charge on any atom is 0.0262 e. The van der Waals surface area contributed by atoms with Crippen LogP contribution in [0.4, 0.5) is 0 Å². The highest BCUT2D eigenvalue weighted by Crippen LogP contribution is 2.14. The molecular formula is C28H38N4. The van der Waals surface area contributed by atoms with Gasteiger partial charge < -0.3 is 19.6 Å². The van der Waals surface area contributed by atoms with Crippen molar-refractivity contribution in [1.29, 1.82) is 0 Å². The van der Waals surface area contributed by atoms with Gasteiger partial charge in [0.1, 0.15) is 0 Å². The molecule has 2 rings (SSSR count). The van der Waals surface area contributed by atoms with Crippen LogP contribution in [0, 0.1) is 23.7 Å². The molecule has 0 unspecified atom stereocenters. The van der Waals surface area contributed by atoms with Crippen LogP contribution in [-0.2, 0) is 26.2 Å². The van der Waals surface area contributed by atoms with Gasteiger partial charge in [-0.15, -0.1) is 0 Å². The third-order valence-corrected chi connectivity index (χ3v) is 4.58. The molecule has 2 aromatic carbocycles. The normalized spacial score (nSPS) is 11.0. The van der Waals surface area contributed by atoms with Crippen molar-refractivity contribution in [1.82, 2.24) is 19.6 Å². The van der Waals surface area contributed by atoms with E-state index in [1.54, 1.807) is 0 Å². The van der Waals surface area contributed by atoms with Crippen LogP contribution in [0.25, 0.3) is 0 Å². The molecule has 0 radical (unpaired) electrons. The maximum atomic E-state index is 3.26. The fourth-order valence-electron chi connectivity index (χ4n) is 3.70. The number of hydrogen-bond donors (Lipinski definition) is 0. The molecule has 4 heteroatoms. The Morgan fingerprint density at radius 2 is 0.688 bits per heavy atom.